The van der Waals surface area contributed by atoms with Crippen LogP contribution in [0.5, 0.6) is 0 Å². The average molecular weight is 302 g/mol. The maximum atomic E-state index is 12.9. The highest BCUT2D eigenvalue weighted by Crippen LogP contribution is 2.28. The van der Waals surface area contributed by atoms with Gasteiger partial charge in [-0.15, -0.1) is 11.3 Å². The number of nitrogens with two attached hydrogens (primary N) is 1. The van der Waals surface area contributed by atoms with Crippen LogP contribution in [0.4, 0.5) is 32.5 Å². The molecule has 0 fully saturated rings. The lowest BCUT2D eigenvalue weighted by Gasteiger charge is -2.11. The Morgan fingerprint density at radius 1 is 1.00 bits per heavy atom. The number of hydrogen-bond donors (Lipinski definition) is 3. The van der Waals surface area contributed by atoms with E-state index in [0.29, 0.717) is 28.1 Å². The molecular formula is C13H11FN6S. The molecule has 3 aromatic rings. The molecule has 2 aromatic heterocycles. The van der Waals surface area contributed by atoms with Gasteiger partial charge in [-0.2, -0.15) is 0 Å². The van der Waals surface area contributed by atoms with Crippen molar-refractivity contribution in [3.8, 4) is 0 Å². The third-order valence-corrected chi connectivity index (χ3v) is 3.34. The molecule has 0 bridgehead atoms. The number of nitrogens with one attached hydrogen (secondary N) is 2. The molecule has 4 N–H and O–H groups in total. The lowest BCUT2D eigenvalue weighted by atomic mass is 10.3. The minimum Gasteiger partial charge on any atom is -0.393 e. The lowest BCUT2D eigenvalue weighted by molar-refractivity contribution is 0.628. The van der Waals surface area contributed by atoms with Crippen molar-refractivity contribution in [2.45, 2.75) is 0 Å². The molecule has 0 aliphatic heterocycles. The minimum atomic E-state index is -0.303. The summed E-state index contributed by atoms with van der Waals surface area (Å²) in [6, 6.07) is 5.92. The van der Waals surface area contributed by atoms with Crippen LogP contribution in [0.15, 0.2) is 42.2 Å². The summed E-state index contributed by atoms with van der Waals surface area (Å²) in [5.74, 6) is 0.600. The van der Waals surface area contributed by atoms with Gasteiger partial charge in [-0.25, -0.2) is 19.3 Å². The van der Waals surface area contributed by atoms with Crippen molar-refractivity contribution in [3.05, 3.63) is 48.0 Å². The van der Waals surface area contributed by atoms with Crippen molar-refractivity contribution in [1.29, 1.82) is 0 Å². The monoisotopic (exact) mass is 302 g/mol. The fourth-order valence-electron chi connectivity index (χ4n) is 1.65. The van der Waals surface area contributed by atoms with E-state index >= 15 is 0 Å². The number of aromatic nitrogens is 3. The predicted molar refractivity (Wildman–Crippen MR) is 81.5 cm³/mol. The van der Waals surface area contributed by atoms with Crippen LogP contribution in [-0.4, -0.2) is 15.0 Å². The summed E-state index contributed by atoms with van der Waals surface area (Å²) in [6.07, 6.45) is 3.07. The number of thiazole rings is 1. The van der Waals surface area contributed by atoms with Gasteiger partial charge in [-0.3, -0.25) is 0 Å². The molecule has 106 valence electrons. The number of nitrogens with zero attached hydrogens (tertiary/aromatic N) is 3. The van der Waals surface area contributed by atoms with Crippen molar-refractivity contribution in [1.82, 2.24) is 15.0 Å². The van der Waals surface area contributed by atoms with Crippen molar-refractivity contribution in [3.63, 3.8) is 0 Å². The zero-order valence-corrected chi connectivity index (χ0v) is 11.6. The molecule has 0 saturated carbocycles. The van der Waals surface area contributed by atoms with E-state index in [1.165, 1.54) is 29.8 Å². The number of halogens is 1. The van der Waals surface area contributed by atoms with Crippen LogP contribution in [0.1, 0.15) is 0 Å². The second kappa shape index (κ2) is 5.71. The van der Waals surface area contributed by atoms with E-state index < -0.39 is 0 Å². The van der Waals surface area contributed by atoms with E-state index in [0.717, 1.165) is 0 Å². The van der Waals surface area contributed by atoms with E-state index in [1.807, 2.05) is 5.38 Å². The Labute approximate surface area is 123 Å². The van der Waals surface area contributed by atoms with Crippen LogP contribution in [0.2, 0.25) is 0 Å². The molecule has 6 nitrogen and oxygen atoms in total. The summed E-state index contributed by atoms with van der Waals surface area (Å²) in [4.78, 5) is 12.3. The highest BCUT2D eigenvalue weighted by molar-refractivity contribution is 7.13. The maximum Gasteiger partial charge on any atom is 0.188 e. The molecule has 3 rings (SSSR count). The smallest absolute Gasteiger partial charge is 0.188 e. The molecule has 8 heteroatoms. The Morgan fingerprint density at radius 2 is 1.71 bits per heavy atom. The second-order valence-corrected chi connectivity index (χ2v) is 4.97. The quantitative estimate of drug-likeness (QED) is 0.686. The third kappa shape index (κ3) is 3.06. The molecule has 1 aromatic carbocycles. The van der Waals surface area contributed by atoms with E-state index in [2.05, 4.69) is 25.6 Å². The van der Waals surface area contributed by atoms with E-state index in [1.54, 1.807) is 18.3 Å². The standard InChI is InChI=1S/C13H11FN6S/c14-8-1-3-9(4-2-8)19-11-10(15)12(18-7-17-11)20-13-16-5-6-21-13/h1-7H,15H2,(H2,16,17,18,19,20). The molecule has 0 saturated heterocycles. The summed E-state index contributed by atoms with van der Waals surface area (Å²) < 4.78 is 12.9. The molecule has 0 atom stereocenters. The zero-order valence-electron chi connectivity index (χ0n) is 10.7. The van der Waals surface area contributed by atoms with Crippen LogP contribution >= 0.6 is 11.3 Å². The molecule has 2 heterocycles. The fourth-order valence-corrected chi connectivity index (χ4v) is 2.18. The number of hydrogen-bond acceptors (Lipinski definition) is 7. The molecule has 0 aliphatic rings. The molecule has 0 radical (unpaired) electrons. The van der Waals surface area contributed by atoms with Crippen molar-refractivity contribution < 1.29 is 4.39 Å². The van der Waals surface area contributed by atoms with E-state index in [4.69, 9.17) is 5.73 Å². The zero-order chi connectivity index (χ0) is 14.7. The van der Waals surface area contributed by atoms with Gasteiger partial charge in [-0.05, 0) is 24.3 Å². The fraction of sp³-hybridized carbons (Fsp3) is 0. The maximum absolute atomic E-state index is 12.9. The Kier molecular flexibility index (Phi) is 3.61. The number of nitrogen functional groups attached to an aromatic ring is 1. The first kappa shape index (κ1) is 13.3. The molecule has 0 unspecified atom stereocenters. The Morgan fingerprint density at radius 3 is 2.38 bits per heavy atom. The second-order valence-electron chi connectivity index (χ2n) is 4.08. The number of benzene rings is 1. The van der Waals surface area contributed by atoms with Crippen LogP contribution in [0.3, 0.4) is 0 Å². The predicted octanol–water partition coefficient (Wildman–Crippen LogP) is 3.14. The van der Waals surface area contributed by atoms with Crippen molar-refractivity contribution in [2.75, 3.05) is 16.4 Å². The molecule has 21 heavy (non-hydrogen) atoms. The van der Waals surface area contributed by atoms with Crippen LogP contribution in [-0.2, 0) is 0 Å². The summed E-state index contributed by atoms with van der Waals surface area (Å²) in [6.45, 7) is 0. The van der Waals surface area contributed by atoms with Crippen molar-refractivity contribution >= 4 is 39.5 Å². The van der Waals surface area contributed by atoms with E-state index in [9.17, 15) is 4.39 Å². The van der Waals surface area contributed by atoms with Gasteiger partial charge in [0, 0.05) is 17.3 Å². The summed E-state index contributed by atoms with van der Waals surface area (Å²) in [5, 5.41) is 8.57. The average Bonchev–Trinajstić information content (AvgIpc) is 2.99. The first-order valence-corrected chi connectivity index (χ1v) is 6.90. The van der Waals surface area contributed by atoms with Gasteiger partial charge in [-0.1, -0.05) is 0 Å². The van der Waals surface area contributed by atoms with Crippen molar-refractivity contribution in [2.24, 2.45) is 0 Å². The third-order valence-electron chi connectivity index (χ3n) is 2.65. The SMILES string of the molecule is Nc1c(Nc2ccc(F)cc2)ncnc1Nc1nccs1. The van der Waals surface area contributed by atoms with Gasteiger partial charge in [0.05, 0.1) is 0 Å². The Bertz CT molecular complexity index is 729. The number of anilines is 5. The Balaban J connectivity index is 1.84. The topological polar surface area (TPSA) is 88.8 Å². The summed E-state index contributed by atoms with van der Waals surface area (Å²) in [5.41, 5.74) is 7.07. The molecule has 0 spiro atoms. The van der Waals surface area contributed by atoms with Gasteiger partial charge in [0.1, 0.15) is 17.8 Å². The summed E-state index contributed by atoms with van der Waals surface area (Å²) in [7, 11) is 0. The molecule has 0 amide bonds. The number of rotatable bonds is 4. The van der Waals surface area contributed by atoms with Crippen LogP contribution < -0.4 is 16.4 Å². The van der Waals surface area contributed by atoms with Gasteiger partial charge in [0.15, 0.2) is 16.8 Å². The summed E-state index contributed by atoms with van der Waals surface area (Å²) >= 11 is 1.44. The van der Waals surface area contributed by atoms with Gasteiger partial charge in [0.2, 0.25) is 0 Å². The molecular weight excluding hydrogens is 291 g/mol. The lowest BCUT2D eigenvalue weighted by Crippen LogP contribution is -2.05. The van der Waals surface area contributed by atoms with E-state index in [-0.39, 0.29) is 5.82 Å². The highest BCUT2D eigenvalue weighted by atomic mass is 32.1. The van der Waals surface area contributed by atoms with Crippen LogP contribution in [0, 0.1) is 5.82 Å². The Hall–Kier alpha value is -2.74. The van der Waals surface area contributed by atoms with Gasteiger partial charge >= 0.3 is 0 Å². The van der Waals surface area contributed by atoms with Gasteiger partial charge in [0.25, 0.3) is 0 Å². The first-order chi connectivity index (χ1) is 10.2. The largest absolute Gasteiger partial charge is 0.393 e. The normalized spacial score (nSPS) is 10.3. The first-order valence-electron chi connectivity index (χ1n) is 6.02. The van der Waals surface area contributed by atoms with Gasteiger partial charge < -0.3 is 16.4 Å². The minimum absolute atomic E-state index is 0.303. The molecule has 0 aliphatic carbocycles. The highest BCUT2D eigenvalue weighted by Gasteiger charge is 2.09. The van der Waals surface area contributed by atoms with Crippen LogP contribution in [0.25, 0.3) is 0 Å².